The molecule has 25 rings (SSSR count). The predicted molar refractivity (Wildman–Crippen MR) is 446 cm³/mol. The zero-order valence-electron chi connectivity index (χ0n) is 71.4. The summed E-state index contributed by atoms with van der Waals surface area (Å²) in [4.78, 5) is 45.3. The molecule has 10 bridgehead atoms. The first-order valence-electron chi connectivity index (χ1n) is 45.0. The number of carbonyl (C=O) groups excluding carboxylic acids is 3. The molecule has 10 aliphatic carbocycles. The Kier molecular flexibility index (Phi) is 21.3. The summed E-state index contributed by atoms with van der Waals surface area (Å²) in [5.41, 5.74) is 13.5. The minimum Gasteiger partial charge on any atom is -1.00 e. The van der Waals surface area contributed by atoms with Gasteiger partial charge in [-0.3, -0.25) is 14.4 Å². The first kappa shape index (κ1) is 83.4. The third-order valence-electron chi connectivity index (χ3n) is 33.9. The number of rotatable bonds is 13. The molecule has 121 heavy (non-hydrogen) atoms. The molecule has 0 radical (unpaired) electrons. The van der Waals surface area contributed by atoms with E-state index in [1.54, 1.807) is 21.9 Å². The fraction of sp³-hybridized carbons (Fsp3) is 0.582. The third kappa shape index (κ3) is 11.3. The average molecular weight is 1690 g/mol. The van der Waals surface area contributed by atoms with Crippen molar-refractivity contribution >= 4 is 18.9 Å². The Morgan fingerprint density at radius 3 is 1.17 bits per heavy atom. The lowest BCUT2D eigenvalue weighted by molar-refractivity contribution is -0.917. The summed E-state index contributed by atoms with van der Waals surface area (Å²) in [5.74, 6) is 6.20. The summed E-state index contributed by atoms with van der Waals surface area (Å²) in [6.07, 6.45) is 32.3. The summed E-state index contributed by atoms with van der Waals surface area (Å²) in [6, 6.07) is 22.2. The van der Waals surface area contributed by atoms with E-state index in [2.05, 4.69) is 129 Å². The van der Waals surface area contributed by atoms with E-state index in [9.17, 15) is 29.7 Å². The standard InChI is InChI=1S/C20H25NO4.2C20H23NO3.2C19H23NO3.2ClH/c1-3-24-14-6-7-20(23)15-10-12-4-5-13(11-22)17-16(12)19(20,18(14)25-17)8-9-21(15)2;2*1-3-23-16-7-6-14-15-10-12-4-5-13(11-22)18-17(12)20(14,19(16)24-18)8-9-21(15)2;2*1-3-22-15-7-5-12-13-10-11-4-6-14(21)17-16(11)19(12,18(15)23-17)8-9-20(13)2;;/h4-5,11,14-15,18,23H,3,6-10H2,1-2H3;2*4-7,11,14-16,19H,3,8-10H2,1-2H3;2*4-7,12-13,15,18,21H,3,8-10H2,1-2H3;2*1H/t14-,15?,18?,19-,20+;2*14?,15?,16-,19?,20-;2*12?,13?,15-,18?,19-;;/m00000../s1. The quantitative estimate of drug-likeness (QED) is 0.0841. The van der Waals surface area contributed by atoms with E-state index in [0.717, 1.165) is 151 Å². The predicted octanol–water partition coefficient (Wildman–Crippen LogP) is 2.04. The summed E-state index contributed by atoms with van der Waals surface area (Å²) in [6.45, 7) is 18.8. The van der Waals surface area contributed by atoms with Crippen LogP contribution in [0.3, 0.4) is 0 Å². The Balaban J connectivity index is 0.0000000994. The molecule has 5 spiro atoms. The van der Waals surface area contributed by atoms with Gasteiger partial charge in [-0.25, -0.2) is 0 Å². The van der Waals surface area contributed by atoms with Gasteiger partial charge in [0.2, 0.25) is 0 Å². The molecule has 5 N–H and O–H groups in total. The molecule has 20 aliphatic rings. The van der Waals surface area contributed by atoms with Crippen LogP contribution in [0.5, 0.6) is 40.2 Å². The summed E-state index contributed by atoms with van der Waals surface area (Å²) in [5, 5.41) is 32.7. The summed E-state index contributed by atoms with van der Waals surface area (Å²) >= 11 is 0. The normalized spacial score (nSPS) is 39.9. The van der Waals surface area contributed by atoms with Crippen LogP contribution in [-0.2, 0) is 82.9 Å². The second-order valence-corrected chi connectivity index (χ2v) is 38.2. The van der Waals surface area contributed by atoms with Gasteiger partial charge in [-0.2, -0.15) is 0 Å². The Labute approximate surface area is 723 Å². The molecule has 0 amide bonds. The van der Waals surface area contributed by atoms with E-state index in [-0.39, 0.29) is 125 Å². The van der Waals surface area contributed by atoms with Crippen molar-refractivity contribution < 1.29 is 112 Å². The zero-order chi connectivity index (χ0) is 81.9. The van der Waals surface area contributed by atoms with Crippen molar-refractivity contribution in [2.45, 2.75) is 236 Å². The van der Waals surface area contributed by atoms with Crippen LogP contribution in [0.1, 0.15) is 166 Å². The van der Waals surface area contributed by atoms with Gasteiger partial charge >= 0.3 is 0 Å². The molecule has 21 nitrogen and oxygen atoms in total. The van der Waals surface area contributed by atoms with Crippen LogP contribution >= 0.6 is 0 Å². The van der Waals surface area contributed by atoms with Gasteiger partial charge in [0.05, 0.1) is 83.9 Å². The van der Waals surface area contributed by atoms with Gasteiger partial charge in [0.15, 0.2) is 41.9 Å². The monoisotopic (exact) mass is 1690 g/mol. The fourth-order valence-corrected chi connectivity index (χ4v) is 29.0. The Morgan fingerprint density at radius 1 is 0.405 bits per heavy atom. The number of aromatic hydroxyl groups is 2. The molecule has 646 valence electrons. The van der Waals surface area contributed by atoms with Crippen LogP contribution < -0.4 is 58.3 Å². The van der Waals surface area contributed by atoms with E-state index in [0.29, 0.717) is 109 Å². The molecule has 10 aliphatic heterocycles. The maximum atomic E-state index is 12.0. The number of hydrogen-bond acceptors (Lipinski definition) is 19. The zero-order valence-corrected chi connectivity index (χ0v) is 72.9. The van der Waals surface area contributed by atoms with Crippen molar-refractivity contribution in [2.75, 3.05) is 101 Å². The van der Waals surface area contributed by atoms with Gasteiger partial charge in [0, 0.05) is 139 Å². The number of likely N-dealkylation sites (N-methyl/N-ethyl adjacent to an activating group) is 5. The highest BCUT2D eigenvalue weighted by molar-refractivity contribution is 5.85. The molecule has 27 atom stereocenters. The van der Waals surface area contributed by atoms with Gasteiger partial charge in [-0.15, -0.1) is 0 Å². The molecule has 1 saturated carbocycles. The van der Waals surface area contributed by atoms with Crippen molar-refractivity contribution in [2.24, 2.45) is 23.7 Å². The number of halogens is 2. The summed E-state index contributed by atoms with van der Waals surface area (Å²) < 4.78 is 62.2. The molecule has 16 unspecified atom stereocenters. The maximum Gasteiger partial charge on any atom is 0.165 e. The van der Waals surface area contributed by atoms with Gasteiger partial charge in [0.25, 0.3) is 0 Å². The first-order chi connectivity index (χ1) is 57.8. The molecule has 5 aromatic rings. The number of ether oxygens (including phenoxy) is 10. The lowest BCUT2D eigenvalue weighted by Crippen LogP contribution is -3.16. The van der Waals surface area contributed by atoms with Gasteiger partial charge in [-0.1, -0.05) is 78.9 Å². The average Bonchev–Trinajstić information content (AvgIpc) is 1.45. The van der Waals surface area contributed by atoms with Crippen molar-refractivity contribution in [3.63, 3.8) is 0 Å². The molecule has 0 aromatic heterocycles. The number of quaternary nitrogens is 2. The first-order valence-corrected chi connectivity index (χ1v) is 45.0. The van der Waals surface area contributed by atoms with E-state index in [4.69, 9.17) is 47.4 Å². The van der Waals surface area contributed by atoms with Crippen LogP contribution in [0.25, 0.3) is 0 Å². The van der Waals surface area contributed by atoms with Crippen LogP contribution in [0, 0.1) is 23.7 Å². The van der Waals surface area contributed by atoms with E-state index < -0.39 is 11.0 Å². The minimum absolute atomic E-state index is 0. The van der Waals surface area contributed by atoms with Crippen LogP contribution in [-0.4, -0.2) is 247 Å². The SMILES string of the molecule is CCO[C@H]1C=CC2C3Cc4ccc(C=O)c5c4[C@@]2(CCN3C)C1O5.CCO[C@H]1C=CC2C3Cc4ccc(C=O)c5c4[C@@]2(CC[NH+]3C)C1O5.CCO[C@H]1C=CC2C3Cc4ccc(O)c5c4[C@@]2(CCN3C)C1O5.CCO[C@H]1C=CC2C3Cc4ccc(O)c5c4[C@@]2(CC[NH+]3C)C1O5.CCO[C@H]1CC[C@@]2(O)C3Cc4ccc(C=O)c5c4[C@@]2(CCN3C)C1O5.[Cl-].[Cl-]. The van der Waals surface area contributed by atoms with Gasteiger partial charge < -0.3 is 112 Å². The summed E-state index contributed by atoms with van der Waals surface area (Å²) in [7, 11) is 11.2. The number of carbonyl (C=O) groups is 3. The number of benzene rings is 5. The number of phenols is 2. The molecule has 10 heterocycles. The highest BCUT2D eigenvalue weighted by Crippen LogP contribution is 2.69. The second kappa shape index (κ2) is 30.8. The Morgan fingerprint density at radius 2 is 0.752 bits per heavy atom. The number of aliphatic hydroxyl groups is 1. The van der Waals surface area contributed by atoms with Crippen molar-refractivity contribution in [3.05, 3.63) is 182 Å². The number of hydrogen-bond donors (Lipinski definition) is 5. The molecule has 23 heteroatoms. The topological polar surface area (TPSA) is 223 Å². The van der Waals surface area contributed by atoms with E-state index in [1.165, 1.54) is 50.1 Å². The Bertz CT molecular complexity index is 4830. The number of likely N-dealkylation sites (tertiary alicyclic amines) is 5. The highest BCUT2D eigenvalue weighted by atomic mass is 35.5. The fourth-order valence-electron chi connectivity index (χ4n) is 29.0. The van der Waals surface area contributed by atoms with Crippen molar-refractivity contribution in [1.82, 2.24) is 14.7 Å². The van der Waals surface area contributed by atoms with E-state index >= 15 is 0 Å². The van der Waals surface area contributed by atoms with Crippen LogP contribution in [0.15, 0.2) is 109 Å². The smallest absolute Gasteiger partial charge is 0.165 e. The molecule has 5 saturated heterocycles. The number of aldehydes is 3. The lowest BCUT2D eigenvalue weighted by atomic mass is 9.48. The Hall–Kier alpha value is -7.19. The second-order valence-electron chi connectivity index (χ2n) is 38.2. The maximum absolute atomic E-state index is 12.0. The van der Waals surface area contributed by atoms with Crippen molar-refractivity contribution in [1.29, 1.82) is 0 Å². The van der Waals surface area contributed by atoms with Gasteiger partial charge in [0.1, 0.15) is 72.2 Å². The number of nitrogens with zero attached hydrogens (tertiary/aromatic N) is 3. The third-order valence-corrected chi connectivity index (χ3v) is 33.9. The molecular weight excluding hydrogens is 1570 g/mol. The van der Waals surface area contributed by atoms with Crippen molar-refractivity contribution in [3.8, 4) is 40.2 Å². The van der Waals surface area contributed by atoms with Crippen LogP contribution in [0.4, 0.5) is 0 Å². The largest absolute Gasteiger partial charge is 1.00 e. The minimum atomic E-state index is -0.821. The number of phenolic OH excluding ortho intramolecular Hbond substituents is 2. The van der Waals surface area contributed by atoms with E-state index in [1.807, 2.05) is 52.8 Å². The molecule has 6 fully saturated rings. The van der Waals surface area contributed by atoms with Gasteiger partial charge in [-0.05, 0) is 185 Å². The highest BCUT2D eigenvalue weighted by Gasteiger charge is 2.75. The number of piperidine rings is 5. The lowest BCUT2D eigenvalue weighted by Gasteiger charge is -2.63. The number of nitrogens with one attached hydrogen (secondary N) is 2. The molecular formula is C98H119Cl2N5O16. The van der Waals surface area contributed by atoms with Crippen LogP contribution in [0.2, 0.25) is 0 Å². The molecule has 5 aromatic carbocycles.